The Labute approximate surface area is 80.4 Å². The lowest BCUT2D eigenvalue weighted by Crippen LogP contribution is -1.96. The van der Waals surface area contributed by atoms with Crippen molar-refractivity contribution in [2.45, 2.75) is 13.5 Å². The molecule has 0 saturated heterocycles. The van der Waals surface area contributed by atoms with Crippen LogP contribution in [-0.4, -0.2) is 4.98 Å². The highest BCUT2D eigenvalue weighted by Crippen LogP contribution is 2.17. The van der Waals surface area contributed by atoms with Crippen LogP contribution in [0.4, 0.5) is 5.13 Å². The topological polar surface area (TPSA) is 38.1 Å². The minimum atomic E-state index is 0.694. The molecule has 0 fully saturated rings. The van der Waals surface area contributed by atoms with Crippen LogP contribution in [0.5, 0.6) is 0 Å². The van der Waals surface area contributed by atoms with Crippen LogP contribution < -0.4 is 5.32 Å². The average Bonchev–Trinajstić information content (AvgIpc) is 2.71. The Balaban J connectivity index is 1.93. The summed E-state index contributed by atoms with van der Waals surface area (Å²) in [6.07, 6.45) is 3.53. The summed E-state index contributed by atoms with van der Waals surface area (Å²) in [5, 5.41) is 4.12. The lowest BCUT2D eigenvalue weighted by Gasteiger charge is -1.97. The second-order valence-electron chi connectivity index (χ2n) is 2.71. The highest BCUT2D eigenvalue weighted by Gasteiger charge is 1.98. The van der Waals surface area contributed by atoms with Crippen LogP contribution in [0.3, 0.4) is 0 Å². The third-order valence-electron chi connectivity index (χ3n) is 1.62. The molecule has 3 nitrogen and oxygen atoms in total. The summed E-state index contributed by atoms with van der Waals surface area (Å²) >= 11 is 1.65. The van der Waals surface area contributed by atoms with Crippen molar-refractivity contribution in [3.8, 4) is 0 Å². The number of aryl methyl sites for hydroxylation is 1. The predicted molar refractivity (Wildman–Crippen MR) is 52.9 cm³/mol. The van der Waals surface area contributed by atoms with Crippen molar-refractivity contribution >= 4 is 16.5 Å². The van der Waals surface area contributed by atoms with Gasteiger partial charge in [0.25, 0.3) is 0 Å². The maximum absolute atomic E-state index is 5.18. The van der Waals surface area contributed by atoms with Gasteiger partial charge in [0.2, 0.25) is 0 Å². The highest BCUT2D eigenvalue weighted by atomic mass is 32.1. The Morgan fingerprint density at radius 1 is 1.62 bits per heavy atom. The number of anilines is 1. The van der Waals surface area contributed by atoms with Crippen molar-refractivity contribution in [3.05, 3.63) is 35.2 Å². The molecule has 0 aliphatic carbocycles. The first kappa shape index (κ1) is 8.31. The standard InChI is InChI=1S/C9H10N2OS/c1-7-5-10-9(13-7)11-6-8-3-2-4-12-8/h2-5H,6H2,1H3,(H,10,11). The number of rotatable bonds is 3. The van der Waals surface area contributed by atoms with E-state index in [9.17, 15) is 0 Å². The van der Waals surface area contributed by atoms with Crippen molar-refractivity contribution < 1.29 is 4.42 Å². The first-order valence-electron chi connectivity index (χ1n) is 4.03. The van der Waals surface area contributed by atoms with Gasteiger partial charge in [-0.05, 0) is 19.1 Å². The lowest BCUT2D eigenvalue weighted by molar-refractivity contribution is 0.518. The molecule has 0 amide bonds. The molecule has 2 aromatic heterocycles. The van der Waals surface area contributed by atoms with Gasteiger partial charge >= 0.3 is 0 Å². The van der Waals surface area contributed by atoms with E-state index in [1.54, 1.807) is 17.6 Å². The number of nitrogens with zero attached hydrogens (tertiary/aromatic N) is 1. The van der Waals surface area contributed by atoms with Crippen LogP contribution >= 0.6 is 11.3 Å². The third kappa shape index (κ3) is 2.09. The zero-order valence-electron chi connectivity index (χ0n) is 7.28. The summed E-state index contributed by atoms with van der Waals surface area (Å²) in [6.45, 7) is 2.73. The Morgan fingerprint density at radius 3 is 3.15 bits per heavy atom. The SMILES string of the molecule is Cc1cnc(NCc2ccco2)s1. The molecule has 0 atom stereocenters. The number of nitrogens with one attached hydrogen (secondary N) is 1. The van der Waals surface area contributed by atoms with Crippen LogP contribution in [0.1, 0.15) is 10.6 Å². The summed E-state index contributed by atoms with van der Waals surface area (Å²) in [5.74, 6) is 0.924. The van der Waals surface area contributed by atoms with E-state index in [4.69, 9.17) is 4.42 Å². The van der Waals surface area contributed by atoms with Crippen molar-refractivity contribution in [1.82, 2.24) is 4.98 Å². The van der Waals surface area contributed by atoms with Crippen LogP contribution in [-0.2, 0) is 6.54 Å². The monoisotopic (exact) mass is 194 g/mol. The van der Waals surface area contributed by atoms with Gasteiger partial charge in [-0.2, -0.15) is 0 Å². The van der Waals surface area contributed by atoms with E-state index >= 15 is 0 Å². The fraction of sp³-hybridized carbons (Fsp3) is 0.222. The normalized spacial score (nSPS) is 10.2. The molecule has 0 radical (unpaired) electrons. The summed E-state index contributed by atoms with van der Waals surface area (Å²) in [4.78, 5) is 5.39. The summed E-state index contributed by atoms with van der Waals surface area (Å²) < 4.78 is 5.18. The molecule has 2 aromatic rings. The van der Waals surface area contributed by atoms with Crippen LogP contribution in [0.25, 0.3) is 0 Å². The number of hydrogen-bond acceptors (Lipinski definition) is 4. The minimum absolute atomic E-state index is 0.694. The van der Waals surface area contributed by atoms with E-state index in [2.05, 4.69) is 10.3 Å². The molecule has 68 valence electrons. The summed E-state index contributed by atoms with van der Waals surface area (Å²) in [7, 11) is 0. The van der Waals surface area contributed by atoms with Crippen molar-refractivity contribution in [2.24, 2.45) is 0 Å². The second-order valence-corrected chi connectivity index (χ2v) is 3.94. The maximum atomic E-state index is 5.18. The van der Waals surface area contributed by atoms with Gasteiger partial charge in [-0.25, -0.2) is 4.98 Å². The molecule has 0 bridgehead atoms. The average molecular weight is 194 g/mol. The van der Waals surface area contributed by atoms with E-state index in [1.165, 1.54) is 4.88 Å². The molecule has 1 N–H and O–H groups in total. The Hall–Kier alpha value is -1.29. The summed E-state index contributed by atoms with van der Waals surface area (Å²) in [6, 6.07) is 3.82. The van der Waals surface area contributed by atoms with Gasteiger partial charge in [0.05, 0.1) is 12.8 Å². The van der Waals surface area contributed by atoms with E-state index in [0.717, 1.165) is 10.9 Å². The number of hydrogen-bond donors (Lipinski definition) is 1. The fourth-order valence-corrected chi connectivity index (χ4v) is 1.67. The molecule has 0 aliphatic rings. The van der Waals surface area contributed by atoms with Gasteiger partial charge in [-0.3, -0.25) is 0 Å². The second kappa shape index (κ2) is 3.62. The molecule has 0 saturated carbocycles. The first-order chi connectivity index (χ1) is 6.34. The van der Waals surface area contributed by atoms with E-state index in [0.29, 0.717) is 6.54 Å². The van der Waals surface area contributed by atoms with Gasteiger partial charge in [-0.15, -0.1) is 11.3 Å². The minimum Gasteiger partial charge on any atom is -0.467 e. The fourth-order valence-electron chi connectivity index (χ4n) is 1.01. The van der Waals surface area contributed by atoms with Gasteiger partial charge in [-0.1, -0.05) is 0 Å². The molecule has 4 heteroatoms. The van der Waals surface area contributed by atoms with Gasteiger partial charge < -0.3 is 9.73 Å². The van der Waals surface area contributed by atoms with E-state index in [1.807, 2.05) is 25.3 Å². The van der Waals surface area contributed by atoms with Crippen LogP contribution in [0.15, 0.2) is 29.0 Å². The van der Waals surface area contributed by atoms with Crippen LogP contribution in [0.2, 0.25) is 0 Å². The van der Waals surface area contributed by atoms with Crippen LogP contribution in [0, 0.1) is 6.92 Å². The molecular weight excluding hydrogens is 184 g/mol. The molecule has 0 aromatic carbocycles. The Bertz CT molecular complexity index is 367. The molecule has 0 spiro atoms. The van der Waals surface area contributed by atoms with Crippen molar-refractivity contribution in [3.63, 3.8) is 0 Å². The number of aromatic nitrogens is 1. The molecular formula is C9H10N2OS. The Kier molecular flexibility index (Phi) is 2.31. The predicted octanol–water partition coefficient (Wildman–Crippen LogP) is 2.66. The zero-order valence-corrected chi connectivity index (χ0v) is 8.10. The molecule has 13 heavy (non-hydrogen) atoms. The third-order valence-corrected chi connectivity index (χ3v) is 2.49. The molecule has 2 rings (SSSR count). The van der Waals surface area contributed by atoms with Gasteiger partial charge in [0, 0.05) is 11.1 Å². The van der Waals surface area contributed by atoms with E-state index in [-0.39, 0.29) is 0 Å². The first-order valence-corrected chi connectivity index (χ1v) is 4.85. The van der Waals surface area contributed by atoms with E-state index < -0.39 is 0 Å². The number of thiazole rings is 1. The number of furan rings is 1. The van der Waals surface area contributed by atoms with Gasteiger partial charge in [0.1, 0.15) is 5.76 Å². The maximum Gasteiger partial charge on any atom is 0.183 e. The molecule has 2 heterocycles. The van der Waals surface area contributed by atoms with Crippen molar-refractivity contribution in [2.75, 3.05) is 5.32 Å². The highest BCUT2D eigenvalue weighted by molar-refractivity contribution is 7.15. The lowest BCUT2D eigenvalue weighted by atomic mass is 10.4. The zero-order chi connectivity index (χ0) is 9.10. The quantitative estimate of drug-likeness (QED) is 0.816. The summed E-state index contributed by atoms with van der Waals surface area (Å²) in [5.41, 5.74) is 0. The molecule has 0 unspecified atom stereocenters. The smallest absolute Gasteiger partial charge is 0.183 e. The van der Waals surface area contributed by atoms with Crippen molar-refractivity contribution in [1.29, 1.82) is 0 Å². The largest absolute Gasteiger partial charge is 0.467 e. The van der Waals surface area contributed by atoms with Gasteiger partial charge in [0.15, 0.2) is 5.13 Å². The molecule has 0 aliphatic heterocycles. The Morgan fingerprint density at radius 2 is 2.54 bits per heavy atom.